The molecule has 1 aromatic rings. The lowest BCUT2D eigenvalue weighted by molar-refractivity contribution is -0.117. The Morgan fingerprint density at radius 2 is 2.12 bits per heavy atom. The van der Waals surface area contributed by atoms with Crippen molar-refractivity contribution in [3.8, 4) is 0 Å². The molecule has 6 heteroatoms. The quantitative estimate of drug-likeness (QED) is 0.726. The zero-order valence-corrected chi connectivity index (χ0v) is 10.7. The number of amides is 1. The van der Waals surface area contributed by atoms with Crippen molar-refractivity contribution in [2.45, 2.75) is 13.0 Å². The van der Waals surface area contributed by atoms with E-state index in [2.05, 4.69) is 5.32 Å². The van der Waals surface area contributed by atoms with Crippen LogP contribution in [0.3, 0.4) is 0 Å². The Morgan fingerprint density at radius 1 is 1.50 bits per heavy atom. The molecule has 86 valence electrons. The van der Waals surface area contributed by atoms with Gasteiger partial charge in [0, 0.05) is 3.57 Å². The zero-order chi connectivity index (χ0) is 12.3. The van der Waals surface area contributed by atoms with Crippen molar-refractivity contribution < 1.29 is 14.7 Å². The molecule has 0 saturated heterocycles. The molecule has 0 bridgehead atoms. The maximum atomic E-state index is 11.3. The highest BCUT2D eigenvalue weighted by molar-refractivity contribution is 14.1. The number of carbonyl (C=O) groups excluding carboxylic acids is 1. The molecule has 0 aliphatic heterocycles. The smallest absolute Gasteiger partial charge is 0.337 e. The molecule has 0 aromatic heterocycles. The SMILES string of the molecule is C[C@H](N)C(=O)Nc1ccc(I)cc1C(=O)O. The summed E-state index contributed by atoms with van der Waals surface area (Å²) >= 11 is 2.00. The maximum Gasteiger partial charge on any atom is 0.337 e. The van der Waals surface area contributed by atoms with Crippen LogP contribution in [-0.2, 0) is 4.79 Å². The van der Waals surface area contributed by atoms with Crippen LogP contribution in [0.2, 0.25) is 0 Å². The van der Waals surface area contributed by atoms with E-state index >= 15 is 0 Å². The fourth-order valence-corrected chi connectivity index (χ4v) is 1.54. The van der Waals surface area contributed by atoms with Crippen LogP contribution in [-0.4, -0.2) is 23.0 Å². The van der Waals surface area contributed by atoms with Gasteiger partial charge in [0.2, 0.25) is 5.91 Å². The predicted octanol–water partition coefficient (Wildman–Crippen LogP) is 1.28. The van der Waals surface area contributed by atoms with Gasteiger partial charge in [0.15, 0.2) is 0 Å². The molecule has 1 amide bonds. The van der Waals surface area contributed by atoms with Gasteiger partial charge in [-0.05, 0) is 47.7 Å². The number of hydrogen-bond acceptors (Lipinski definition) is 3. The highest BCUT2D eigenvalue weighted by Crippen LogP contribution is 2.19. The average molecular weight is 334 g/mol. The number of carboxylic acids is 1. The molecule has 0 heterocycles. The van der Waals surface area contributed by atoms with Crippen molar-refractivity contribution in [1.29, 1.82) is 0 Å². The van der Waals surface area contributed by atoms with Gasteiger partial charge < -0.3 is 16.2 Å². The van der Waals surface area contributed by atoms with Crippen molar-refractivity contribution in [2.75, 3.05) is 5.32 Å². The van der Waals surface area contributed by atoms with Gasteiger partial charge in [-0.2, -0.15) is 0 Å². The summed E-state index contributed by atoms with van der Waals surface area (Å²) in [6, 6.07) is 4.07. The Kier molecular flexibility index (Phi) is 4.25. The van der Waals surface area contributed by atoms with Crippen molar-refractivity contribution in [3.63, 3.8) is 0 Å². The van der Waals surface area contributed by atoms with Gasteiger partial charge in [-0.25, -0.2) is 4.79 Å². The standard InChI is InChI=1S/C10H11IN2O3/c1-5(12)9(14)13-8-3-2-6(11)4-7(8)10(15)16/h2-5H,12H2,1H3,(H,13,14)(H,15,16)/t5-/m0/s1. The van der Waals surface area contributed by atoms with Gasteiger partial charge in [0.25, 0.3) is 0 Å². The van der Waals surface area contributed by atoms with Crippen LogP contribution in [0, 0.1) is 3.57 Å². The number of benzene rings is 1. The number of carbonyl (C=O) groups is 2. The number of rotatable bonds is 3. The topological polar surface area (TPSA) is 92.4 Å². The van der Waals surface area contributed by atoms with E-state index in [4.69, 9.17) is 10.8 Å². The summed E-state index contributed by atoms with van der Waals surface area (Å²) in [6.45, 7) is 1.53. The van der Waals surface area contributed by atoms with Gasteiger partial charge >= 0.3 is 5.97 Å². The highest BCUT2D eigenvalue weighted by atomic mass is 127. The lowest BCUT2D eigenvalue weighted by atomic mass is 10.1. The lowest BCUT2D eigenvalue weighted by Gasteiger charge is -2.10. The third-order valence-electron chi connectivity index (χ3n) is 1.88. The van der Waals surface area contributed by atoms with Crippen molar-refractivity contribution in [1.82, 2.24) is 0 Å². The first-order chi connectivity index (χ1) is 7.41. The summed E-state index contributed by atoms with van der Waals surface area (Å²) in [7, 11) is 0. The summed E-state index contributed by atoms with van der Waals surface area (Å²) < 4.78 is 0.786. The third kappa shape index (κ3) is 3.17. The number of aromatic carboxylic acids is 1. The molecule has 0 spiro atoms. The summed E-state index contributed by atoms with van der Waals surface area (Å²) in [5.74, 6) is -1.50. The van der Waals surface area contributed by atoms with E-state index in [1.165, 1.54) is 13.0 Å². The fourth-order valence-electron chi connectivity index (χ4n) is 1.05. The summed E-state index contributed by atoms with van der Waals surface area (Å²) in [4.78, 5) is 22.3. The van der Waals surface area contributed by atoms with E-state index in [0.717, 1.165) is 3.57 Å². The first kappa shape index (κ1) is 12.9. The number of nitrogens with one attached hydrogen (secondary N) is 1. The Bertz CT molecular complexity index is 432. The number of anilines is 1. The molecule has 0 radical (unpaired) electrons. The monoisotopic (exact) mass is 334 g/mol. The summed E-state index contributed by atoms with van der Waals surface area (Å²) in [5.41, 5.74) is 5.69. The number of halogens is 1. The minimum absolute atomic E-state index is 0.0564. The Morgan fingerprint density at radius 3 is 2.62 bits per heavy atom. The summed E-state index contributed by atoms with van der Waals surface area (Å²) in [6.07, 6.45) is 0. The molecular formula is C10H11IN2O3. The van der Waals surface area contributed by atoms with E-state index in [1.807, 2.05) is 22.6 Å². The highest BCUT2D eigenvalue weighted by Gasteiger charge is 2.14. The fraction of sp³-hybridized carbons (Fsp3) is 0.200. The van der Waals surface area contributed by atoms with Gasteiger partial charge in [-0.3, -0.25) is 4.79 Å². The second-order valence-corrected chi connectivity index (χ2v) is 4.52. The molecule has 0 unspecified atom stereocenters. The molecule has 1 atom stereocenters. The van der Waals surface area contributed by atoms with Gasteiger partial charge in [-0.15, -0.1) is 0 Å². The molecule has 16 heavy (non-hydrogen) atoms. The van der Waals surface area contributed by atoms with Gasteiger partial charge in [0.05, 0.1) is 17.3 Å². The van der Waals surface area contributed by atoms with Crippen LogP contribution >= 0.6 is 22.6 Å². The number of nitrogens with two attached hydrogens (primary N) is 1. The van der Waals surface area contributed by atoms with Crippen LogP contribution < -0.4 is 11.1 Å². The van der Waals surface area contributed by atoms with Crippen LogP contribution in [0.25, 0.3) is 0 Å². The molecule has 0 saturated carbocycles. The molecule has 1 rings (SSSR count). The predicted molar refractivity (Wildman–Crippen MR) is 68.4 cm³/mol. The number of carboxylic acid groups (broad SMARTS) is 1. The van der Waals surface area contributed by atoms with Crippen LogP contribution in [0.1, 0.15) is 17.3 Å². The second kappa shape index (κ2) is 5.26. The molecule has 4 N–H and O–H groups in total. The van der Waals surface area contributed by atoms with E-state index < -0.39 is 17.9 Å². The Labute approximate surface area is 106 Å². The molecule has 0 fully saturated rings. The van der Waals surface area contributed by atoms with Crippen LogP contribution in [0.15, 0.2) is 18.2 Å². The molecule has 0 aliphatic rings. The third-order valence-corrected chi connectivity index (χ3v) is 2.55. The second-order valence-electron chi connectivity index (χ2n) is 3.27. The minimum Gasteiger partial charge on any atom is -0.478 e. The van der Waals surface area contributed by atoms with Crippen LogP contribution in [0.4, 0.5) is 5.69 Å². The maximum absolute atomic E-state index is 11.3. The minimum atomic E-state index is -1.08. The van der Waals surface area contributed by atoms with E-state index in [0.29, 0.717) is 0 Å². The van der Waals surface area contributed by atoms with E-state index in [9.17, 15) is 9.59 Å². The van der Waals surface area contributed by atoms with Gasteiger partial charge in [-0.1, -0.05) is 0 Å². The van der Waals surface area contributed by atoms with E-state index in [-0.39, 0.29) is 11.3 Å². The first-order valence-corrected chi connectivity index (χ1v) is 5.59. The Hall–Kier alpha value is -1.15. The largest absolute Gasteiger partial charge is 0.478 e. The molecule has 5 nitrogen and oxygen atoms in total. The summed E-state index contributed by atoms with van der Waals surface area (Å²) in [5, 5.41) is 11.4. The van der Waals surface area contributed by atoms with Crippen molar-refractivity contribution >= 4 is 40.2 Å². The normalized spacial score (nSPS) is 11.9. The van der Waals surface area contributed by atoms with Crippen molar-refractivity contribution in [3.05, 3.63) is 27.3 Å². The number of hydrogen-bond donors (Lipinski definition) is 3. The molecular weight excluding hydrogens is 323 g/mol. The lowest BCUT2D eigenvalue weighted by Crippen LogP contribution is -2.33. The van der Waals surface area contributed by atoms with Gasteiger partial charge in [0.1, 0.15) is 0 Å². The van der Waals surface area contributed by atoms with E-state index in [1.54, 1.807) is 12.1 Å². The van der Waals surface area contributed by atoms with Crippen molar-refractivity contribution in [2.24, 2.45) is 5.73 Å². The zero-order valence-electron chi connectivity index (χ0n) is 8.53. The van der Waals surface area contributed by atoms with Crippen LogP contribution in [0.5, 0.6) is 0 Å². The first-order valence-electron chi connectivity index (χ1n) is 4.51. The Balaban J connectivity index is 3.04. The molecule has 0 aliphatic carbocycles. The average Bonchev–Trinajstić information content (AvgIpc) is 2.20. The molecule has 1 aromatic carbocycles.